The molecule has 0 aliphatic rings. The van der Waals surface area contributed by atoms with Crippen molar-refractivity contribution in [1.29, 1.82) is 5.26 Å². The normalized spacial score (nSPS) is 11.1. The molecule has 3 aromatic rings. The summed E-state index contributed by atoms with van der Waals surface area (Å²) in [4.78, 5) is 35.7. The lowest BCUT2D eigenvalue weighted by Gasteiger charge is -2.12. The molecule has 1 amide bonds. The van der Waals surface area contributed by atoms with Crippen molar-refractivity contribution in [3.05, 3.63) is 87.2 Å². The van der Waals surface area contributed by atoms with Crippen LogP contribution in [0.4, 0.5) is 5.69 Å². The third kappa shape index (κ3) is 4.89. The smallest absolute Gasteiger partial charge is 0.335 e. The Labute approximate surface area is 196 Å². The molecule has 172 valence electrons. The van der Waals surface area contributed by atoms with Gasteiger partial charge in [0, 0.05) is 22.8 Å². The number of amides is 1. The van der Waals surface area contributed by atoms with Gasteiger partial charge in [0.1, 0.15) is 11.6 Å². The van der Waals surface area contributed by atoms with Crippen LogP contribution in [0.3, 0.4) is 0 Å². The number of aromatic nitrogens is 1. The molecule has 2 aromatic carbocycles. The van der Waals surface area contributed by atoms with Crippen molar-refractivity contribution in [1.82, 2.24) is 4.57 Å². The largest absolute Gasteiger partial charge is 0.478 e. The Balaban J connectivity index is 2.02. The lowest BCUT2D eigenvalue weighted by molar-refractivity contribution is -0.112. The lowest BCUT2D eigenvalue weighted by atomic mass is 10.1. The molecule has 1 heterocycles. The average Bonchev–Trinajstić information content (AvgIpc) is 3.06. The van der Waals surface area contributed by atoms with Gasteiger partial charge in [-0.3, -0.25) is 4.79 Å². The van der Waals surface area contributed by atoms with Crippen molar-refractivity contribution in [2.24, 2.45) is 0 Å². The molecule has 3 N–H and O–H groups in total. The number of rotatable bonds is 6. The maximum absolute atomic E-state index is 12.7. The highest BCUT2D eigenvalue weighted by Gasteiger charge is 2.17. The fraction of sp³-hybridized carbons (Fsp3) is 0.154. The first-order chi connectivity index (χ1) is 16.0. The Kier molecular flexibility index (Phi) is 6.68. The van der Waals surface area contributed by atoms with Crippen LogP contribution in [0.1, 0.15) is 48.8 Å². The number of carbonyl (C=O) groups excluding carboxylic acids is 1. The molecule has 0 aliphatic carbocycles. The number of nitriles is 1. The zero-order valence-electron chi connectivity index (χ0n) is 19.1. The number of carbonyl (C=O) groups is 3. The van der Waals surface area contributed by atoms with Gasteiger partial charge in [0.2, 0.25) is 0 Å². The number of carboxylic acids is 2. The molecule has 0 spiro atoms. The van der Waals surface area contributed by atoms with Crippen LogP contribution in [0.5, 0.6) is 0 Å². The van der Waals surface area contributed by atoms with Gasteiger partial charge in [-0.1, -0.05) is 6.07 Å². The van der Waals surface area contributed by atoms with Crippen molar-refractivity contribution < 1.29 is 24.6 Å². The molecule has 34 heavy (non-hydrogen) atoms. The van der Waals surface area contributed by atoms with E-state index in [4.69, 9.17) is 0 Å². The highest BCUT2D eigenvalue weighted by atomic mass is 16.4. The summed E-state index contributed by atoms with van der Waals surface area (Å²) in [5, 5.41) is 31.1. The molecule has 8 heteroatoms. The summed E-state index contributed by atoms with van der Waals surface area (Å²) in [7, 11) is 0. The van der Waals surface area contributed by atoms with Crippen LogP contribution in [0.15, 0.2) is 48.0 Å². The Morgan fingerprint density at radius 1 is 0.912 bits per heavy atom. The van der Waals surface area contributed by atoms with Crippen molar-refractivity contribution in [2.45, 2.75) is 27.7 Å². The Morgan fingerprint density at radius 2 is 1.53 bits per heavy atom. The zero-order valence-corrected chi connectivity index (χ0v) is 19.1. The molecule has 0 aliphatic heterocycles. The highest BCUT2D eigenvalue weighted by molar-refractivity contribution is 6.09. The minimum absolute atomic E-state index is 0.107. The Bertz CT molecular complexity index is 1370. The summed E-state index contributed by atoms with van der Waals surface area (Å²) < 4.78 is 1.68. The summed E-state index contributed by atoms with van der Waals surface area (Å²) >= 11 is 0. The molecule has 0 saturated carbocycles. The number of carboxylic acid groups (broad SMARTS) is 2. The minimum atomic E-state index is -1.25. The van der Waals surface area contributed by atoms with Crippen LogP contribution in [-0.2, 0) is 4.79 Å². The van der Waals surface area contributed by atoms with E-state index in [-0.39, 0.29) is 16.7 Å². The zero-order chi connectivity index (χ0) is 25.2. The van der Waals surface area contributed by atoms with Crippen LogP contribution >= 0.6 is 0 Å². The van der Waals surface area contributed by atoms with Crippen molar-refractivity contribution in [3.8, 4) is 11.8 Å². The van der Waals surface area contributed by atoms with Gasteiger partial charge in [0.25, 0.3) is 5.91 Å². The summed E-state index contributed by atoms with van der Waals surface area (Å²) in [6.07, 6.45) is 1.45. The number of aromatic carboxylic acids is 2. The Hall–Kier alpha value is -4.64. The van der Waals surface area contributed by atoms with Crippen molar-refractivity contribution in [2.75, 3.05) is 5.32 Å². The first-order valence-electron chi connectivity index (χ1n) is 10.3. The van der Waals surface area contributed by atoms with E-state index in [0.717, 1.165) is 17.2 Å². The second-order valence-electron chi connectivity index (χ2n) is 7.96. The number of hydrogen-bond donors (Lipinski definition) is 3. The third-order valence-corrected chi connectivity index (χ3v) is 5.57. The van der Waals surface area contributed by atoms with E-state index in [0.29, 0.717) is 28.3 Å². The van der Waals surface area contributed by atoms with Gasteiger partial charge < -0.3 is 20.1 Å². The van der Waals surface area contributed by atoms with Crippen LogP contribution in [-0.4, -0.2) is 32.6 Å². The average molecular weight is 457 g/mol. The molecular formula is C26H23N3O5. The number of benzene rings is 2. The summed E-state index contributed by atoms with van der Waals surface area (Å²) in [6, 6.07) is 13.0. The van der Waals surface area contributed by atoms with E-state index in [1.807, 2.05) is 32.0 Å². The summed E-state index contributed by atoms with van der Waals surface area (Å²) in [5.74, 6) is -3.06. The van der Waals surface area contributed by atoms with Crippen LogP contribution < -0.4 is 5.32 Å². The van der Waals surface area contributed by atoms with Crippen molar-refractivity contribution >= 4 is 29.6 Å². The van der Waals surface area contributed by atoms with Gasteiger partial charge in [0.05, 0.1) is 11.1 Å². The molecule has 0 atom stereocenters. The monoisotopic (exact) mass is 457 g/mol. The van der Waals surface area contributed by atoms with Crippen LogP contribution in [0, 0.1) is 39.0 Å². The second kappa shape index (κ2) is 9.46. The molecule has 0 saturated heterocycles. The molecule has 0 unspecified atom stereocenters. The number of anilines is 1. The number of hydrogen-bond acceptors (Lipinski definition) is 4. The number of aryl methyl sites for hydroxylation is 3. The highest BCUT2D eigenvalue weighted by Crippen LogP contribution is 2.25. The molecule has 0 bridgehead atoms. The van der Waals surface area contributed by atoms with Crippen LogP contribution in [0.25, 0.3) is 11.8 Å². The first-order valence-corrected chi connectivity index (χ1v) is 10.3. The van der Waals surface area contributed by atoms with Gasteiger partial charge in [-0.15, -0.1) is 0 Å². The predicted octanol–water partition coefficient (Wildman–Crippen LogP) is 4.65. The molecule has 1 aromatic heterocycles. The van der Waals surface area contributed by atoms with Gasteiger partial charge in [-0.2, -0.15) is 5.26 Å². The van der Waals surface area contributed by atoms with E-state index in [9.17, 15) is 29.9 Å². The Morgan fingerprint density at radius 3 is 2.06 bits per heavy atom. The maximum Gasteiger partial charge on any atom is 0.335 e. The summed E-state index contributed by atoms with van der Waals surface area (Å²) in [6.45, 7) is 7.39. The van der Waals surface area contributed by atoms with E-state index in [1.165, 1.54) is 18.2 Å². The molecule has 0 fully saturated rings. The molecule has 8 nitrogen and oxygen atoms in total. The molecule has 3 rings (SSSR count). The predicted molar refractivity (Wildman–Crippen MR) is 127 cm³/mol. The SMILES string of the molecule is Cc1ccc(NC(=O)/C(C#N)=C\c2cc(C)n(-c3cc(C(=O)O)cc(C(=O)O)c3)c2C)cc1C. The fourth-order valence-electron chi connectivity index (χ4n) is 3.64. The maximum atomic E-state index is 12.7. The topological polar surface area (TPSA) is 132 Å². The van der Waals surface area contributed by atoms with E-state index in [2.05, 4.69) is 5.32 Å². The first kappa shape index (κ1) is 24.0. The second-order valence-corrected chi connectivity index (χ2v) is 7.96. The van der Waals surface area contributed by atoms with Gasteiger partial charge in [-0.05, 0) is 86.9 Å². The summed E-state index contributed by atoms with van der Waals surface area (Å²) in [5.41, 5.74) is 4.45. The number of nitrogens with zero attached hydrogens (tertiary/aromatic N) is 2. The van der Waals surface area contributed by atoms with Crippen molar-refractivity contribution in [3.63, 3.8) is 0 Å². The standard InChI is InChI=1S/C26H23N3O5/c1-14-5-6-22(7-15(14)2)28-24(30)21(13-27)9-18-8-16(3)29(17(18)4)23-11-19(25(31)32)10-20(12-23)26(33)34/h5-12H,1-4H3,(H,28,30)(H,31,32)(H,33,34)/b21-9-. The van der Waals surface area contributed by atoms with Gasteiger partial charge in [-0.25, -0.2) is 9.59 Å². The number of nitrogens with one attached hydrogen (secondary N) is 1. The fourth-order valence-corrected chi connectivity index (χ4v) is 3.64. The van der Waals surface area contributed by atoms with E-state index >= 15 is 0 Å². The minimum Gasteiger partial charge on any atom is -0.478 e. The van der Waals surface area contributed by atoms with Gasteiger partial charge in [0.15, 0.2) is 0 Å². The van der Waals surface area contributed by atoms with Gasteiger partial charge >= 0.3 is 11.9 Å². The van der Waals surface area contributed by atoms with E-state index in [1.54, 1.807) is 30.5 Å². The third-order valence-electron chi connectivity index (χ3n) is 5.57. The molecule has 0 radical (unpaired) electrons. The lowest BCUT2D eigenvalue weighted by Crippen LogP contribution is -2.13. The quantitative estimate of drug-likeness (QED) is 0.364. The van der Waals surface area contributed by atoms with E-state index < -0.39 is 17.8 Å². The molecular weight excluding hydrogens is 434 g/mol. The van der Waals surface area contributed by atoms with Crippen LogP contribution in [0.2, 0.25) is 0 Å².